The summed E-state index contributed by atoms with van der Waals surface area (Å²) in [6.07, 6.45) is 11.7. The minimum absolute atomic E-state index is 0.342. The summed E-state index contributed by atoms with van der Waals surface area (Å²) in [5.74, 6) is 0. The Balaban J connectivity index is 4.34. The minimum atomic E-state index is 0.342. The summed E-state index contributed by atoms with van der Waals surface area (Å²) >= 11 is 0. The van der Waals surface area contributed by atoms with E-state index in [1.165, 1.54) is 50.3 Å². The van der Waals surface area contributed by atoms with Crippen LogP contribution in [0.2, 0.25) is 0 Å². The Bertz CT molecular complexity index is 128. The van der Waals surface area contributed by atoms with Gasteiger partial charge in [0.25, 0.3) is 0 Å². The first-order chi connectivity index (χ1) is 7.74. The molecule has 0 aromatic heterocycles. The van der Waals surface area contributed by atoms with Gasteiger partial charge in [-0.3, -0.25) is 0 Å². The topological polar surface area (TPSA) is 0 Å². The largest absolute Gasteiger partial charge is 0.0997 e. The summed E-state index contributed by atoms with van der Waals surface area (Å²) in [5, 5.41) is 1.13. The third-order valence-electron chi connectivity index (χ3n) is 3.53. The second kappa shape index (κ2) is 11.0. The lowest BCUT2D eigenvalue weighted by Gasteiger charge is -2.33. The predicted octanol–water partition coefficient (Wildman–Crippen LogP) is 5.94. The molecule has 0 saturated heterocycles. The van der Waals surface area contributed by atoms with E-state index < -0.39 is 0 Å². The van der Waals surface area contributed by atoms with Crippen molar-refractivity contribution in [2.45, 2.75) is 65.7 Å². The van der Waals surface area contributed by atoms with Crippen molar-refractivity contribution < 1.29 is 0 Å². The van der Waals surface area contributed by atoms with Gasteiger partial charge >= 0.3 is 0 Å². The van der Waals surface area contributed by atoms with Gasteiger partial charge in [0.05, 0.1) is 0 Å². The zero-order valence-corrected chi connectivity index (χ0v) is 13.9. The standard InChI is InChI=1S/C14H32P2/c1-6-11-12-13-14(15(7-2)8-3)16(9-4)10-5/h14H,6-13H2,1-5H3. The van der Waals surface area contributed by atoms with Gasteiger partial charge in [0.15, 0.2) is 0 Å². The van der Waals surface area contributed by atoms with Gasteiger partial charge in [-0.05, 0) is 36.5 Å². The summed E-state index contributed by atoms with van der Waals surface area (Å²) in [7, 11) is 0.683. The first-order valence-electron chi connectivity index (χ1n) is 7.23. The van der Waals surface area contributed by atoms with Crippen LogP contribution in [0.25, 0.3) is 0 Å². The Morgan fingerprint density at radius 2 is 1.12 bits per heavy atom. The molecule has 0 rings (SSSR count). The van der Waals surface area contributed by atoms with Crippen LogP contribution in [-0.4, -0.2) is 30.0 Å². The average molecular weight is 262 g/mol. The molecule has 98 valence electrons. The Morgan fingerprint density at radius 1 is 0.688 bits per heavy atom. The lowest BCUT2D eigenvalue weighted by Crippen LogP contribution is -2.09. The van der Waals surface area contributed by atoms with E-state index in [9.17, 15) is 0 Å². The van der Waals surface area contributed by atoms with E-state index in [2.05, 4.69) is 34.6 Å². The number of hydrogen-bond donors (Lipinski definition) is 0. The minimum Gasteiger partial charge on any atom is -0.0997 e. The molecule has 16 heavy (non-hydrogen) atoms. The molecular weight excluding hydrogens is 230 g/mol. The van der Waals surface area contributed by atoms with Crippen molar-refractivity contribution in [1.82, 2.24) is 0 Å². The van der Waals surface area contributed by atoms with E-state index in [1.807, 2.05) is 0 Å². The summed E-state index contributed by atoms with van der Waals surface area (Å²) in [4.78, 5) is 0. The summed E-state index contributed by atoms with van der Waals surface area (Å²) < 4.78 is 0. The van der Waals surface area contributed by atoms with E-state index in [-0.39, 0.29) is 0 Å². The van der Waals surface area contributed by atoms with Crippen molar-refractivity contribution in [2.24, 2.45) is 0 Å². The average Bonchev–Trinajstić information content (AvgIpc) is 2.31. The highest BCUT2D eigenvalue weighted by Gasteiger charge is 2.23. The molecule has 0 aromatic carbocycles. The van der Waals surface area contributed by atoms with E-state index in [0.717, 1.165) is 5.40 Å². The molecule has 0 aliphatic rings. The molecule has 0 aliphatic carbocycles. The van der Waals surface area contributed by atoms with Crippen LogP contribution in [0.4, 0.5) is 0 Å². The van der Waals surface area contributed by atoms with Crippen molar-refractivity contribution in [3.05, 3.63) is 0 Å². The SMILES string of the molecule is CCCCCC(P(CC)CC)P(CC)CC. The van der Waals surface area contributed by atoms with Crippen LogP contribution >= 0.6 is 15.8 Å². The lowest BCUT2D eigenvalue weighted by molar-refractivity contribution is 0.691. The van der Waals surface area contributed by atoms with Crippen LogP contribution in [0.3, 0.4) is 0 Å². The van der Waals surface area contributed by atoms with Crippen LogP contribution in [0.1, 0.15) is 60.3 Å². The smallest absolute Gasteiger partial charge is 0.000620 e. The summed E-state index contributed by atoms with van der Waals surface area (Å²) in [6, 6.07) is 0. The molecule has 0 bridgehead atoms. The molecule has 0 aromatic rings. The third-order valence-corrected chi connectivity index (χ3v) is 10.9. The normalized spacial score (nSPS) is 12.0. The zero-order valence-electron chi connectivity index (χ0n) is 12.1. The molecule has 0 unspecified atom stereocenters. The Kier molecular flexibility index (Phi) is 11.6. The molecule has 0 radical (unpaired) electrons. The van der Waals surface area contributed by atoms with Crippen LogP contribution in [0.5, 0.6) is 0 Å². The first kappa shape index (κ1) is 16.9. The van der Waals surface area contributed by atoms with Gasteiger partial charge in [0.1, 0.15) is 0 Å². The molecule has 0 atom stereocenters. The number of unbranched alkanes of at least 4 members (excludes halogenated alkanes) is 2. The Hall–Kier alpha value is 0.860. The fourth-order valence-corrected chi connectivity index (χ4v) is 9.95. The van der Waals surface area contributed by atoms with E-state index in [4.69, 9.17) is 0 Å². The molecule has 2 heteroatoms. The summed E-state index contributed by atoms with van der Waals surface area (Å²) in [5.41, 5.74) is 0. The van der Waals surface area contributed by atoms with Gasteiger partial charge in [0.2, 0.25) is 0 Å². The van der Waals surface area contributed by atoms with Crippen molar-refractivity contribution in [3.8, 4) is 0 Å². The van der Waals surface area contributed by atoms with Crippen LogP contribution in [0.15, 0.2) is 0 Å². The molecule has 0 N–H and O–H groups in total. The highest BCUT2D eigenvalue weighted by Crippen LogP contribution is 2.59. The van der Waals surface area contributed by atoms with E-state index in [0.29, 0.717) is 15.8 Å². The van der Waals surface area contributed by atoms with Gasteiger partial charge in [-0.2, -0.15) is 0 Å². The van der Waals surface area contributed by atoms with E-state index >= 15 is 0 Å². The molecule has 0 saturated carbocycles. The highest BCUT2D eigenvalue weighted by molar-refractivity contribution is 7.75. The maximum Gasteiger partial charge on any atom is -0.000620 e. The van der Waals surface area contributed by atoms with Crippen LogP contribution in [-0.2, 0) is 0 Å². The van der Waals surface area contributed by atoms with E-state index in [1.54, 1.807) is 0 Å². The van der Waals surface area contributed by atoms with Crippen molar-refractivity contribution in [3.63, 3.8) is 0 Å². The van der Waals surface area contributed by atoms with Crippen molar-refractivity contribution in [2.75, 3.05) is 24.6 Å². The van der Waals surface area contributed by atoms with Crippen molar-refractivity contribution in [1.29, 1.82) is 0 Å². The second-order valence-electron chi connectivity index (χ2n) is 4.42. The first-order valence-corrected chi connectivity index (χ1v) is 10.8. The number of rotatable bonds is 10. The monoisotopic (exact) mass is 262 g/mol. The molecule has 0 aliphatic heterocycles. The van der Waals surface area contributed by atoms with Gasteiger partial charge in [0, 0.05) is 0 Å². The third kappa shape index (κ3) is 5.97. The maximum atomic E-state index is 2.42. The Morgan fingerprint density at radius 3 is 1.44 bits per heavy atom. The molecule has 0 amide bonds. The zero-order chi connectivity index (χ0) is 12.4. The fraction of sp³-hybridized carbons (Fsp3) is 1.00. The molecule has 0 spiro atoms. The Labute approximate surface area is 106 Å². The van der Waals surface area contributed by atoms with Gasteiger partial charge < -0.3 is 0 Å². The molecular formula is C14H32P2. The quantitative estimate of drug-likeness (QED) is 0.338. The van der Waals surface area contributed by atoms with Gasteiger partial charge in [-0.25, -0.2) is 0 Å². The van der Waals surface area contributed by atoms with Gasteiger partial charge in [-0.15, -0.1) is 0 Å². The molecule has 0 nitrogen and oxygen atoms in total. The fourth-order valence-electron chi connectivity index (χ4n) is 2.46. The predicted molar refractivity (Wildman–Crippen MR) is 83.9 cm³/mol. The highest BCUT2D eigenvalue weighted by atomic mass is 31.2. The van der Waals surface area contributed by atoms with Crippen molar-refractivity contribution >= 4 is 15.8 Å². The molecule has 0 heterocycles. The summed E-state index contributed by atoms with van der Waals surface area (Å²) in [6.45, 7) is 12.0. The van der Waals surface area contributed by atoms with Crippen LogP contribution in [0, 0.1) is 0 Å². The van der Waals surface area contributed by atoms with Gasteiger partial charge in [-0.1, -0.05) is 69.7 Å². The lowest BCUT2D eigenvalue weighted by atomic mass is 10.2. The molecule has 0 fully saturated rings. The number of hydrogen-bond acceptors (Lipinski definition) is 0. The van der Waals surface area contributed by atoms with Crippen LogP contribution < -0.4 is 0 Å². The second-order valence-corrected chi connectivity index (χ2v) is 11.0. The maximum absolute atomic E-state index is 2.42.